The van der Waals surface area contributed by atoms with Gasteiger partial charge < -0.3 is 19.9 Å². The number of benzene rings is 2. The summed E-state index contributed by atoms with van der Waals surface area (Å²) in [6.45, 7) is 5.55. The third kappa shape index (κ3) is 6.42. The monoisotopic (exact) mass is 394 g/mol. The van der Waals surface area contributed by atoms with Crippen LogP contribution in [0.15, 0.2) is 47.4 Å². The molecule has 0 radical (unpaired) electrons. The van der Waals surface area contributed by atoms with Crippen molar-refractivity contribution in [1.29, 1.82) is 0 Å². The average molecular weight is 394 g/mol. The molecule has 0 spiro atoms. The number of rotatable bonds is 10. The maximum absolute atomic E-state index is 11.5. The smallest absolute Gasteiger partial charge is 0.241 e. The van der Waals surface area contributed by atoms with E-state index in [9.17, 15) is 13.5 Å². The van der Waals surface area contributed by atoms with Crippen molar-refractivity contribution >= 4 is 10.0 Å². The molecule has 0 aliphatic rings. The SMILES string of the molecule is CCOc1ccccc1OCCN[C@@H](C)Cc1ccc(O)c(S(N)(=O)=O)c1. The maximum Gasteiger partial charge on any atom is 0.241 e. The van der Waals surface area contributed by atoms with E-state index in [0.29, 0.717) is 37.7 Å². The zero-order valence-electron chi connectivity index (χ0n) is 15.5. The number of hydrogen-bond acceptors (Lipinski definition) is 6. The first-order valence-corrected chi connectivity index (χ1v) is 10.3. The number of nitrogens with two attached hydrogens (primary N) is 1. The van der Waals surface area contributed by atoms with Crippen LogP contribution < -0.4 is 19.9 Å². The number of ether oxygens (including phenoxy) is 2. The third-order valence-corrected chi connectivity index (χ3v) is 4.81. The Morgan fingerprint density at radius 2 is 1.81 bits per heavy atom. The molecule has 0 unspecified atom stereocenters. The Morgan fingerprint density at radius 3 is 2.44 bits per heavy atom. The molecule has 7 nitrogen and oxygen atoms in total. The molecule has 0 aromatic heterocycles. The average Bonchev–Trinajstić information content (AvgIpc) is 2.61. The molecule has 0 amide bonds. The molecule has 2 aromatic carbocycles. The minimum Gasteiger partial charge on any atom is -0.507 e. The van der Waals surface area contributed by atoms with Crippen LogP contribution in [0.1, 0.15) is 19.4 Å². The molecule has 0 bridgehead atoms. The Kier molecular flexibility index (Phi) is 7.46. The Morgan fingerprint density at radius 1 is 1.15 bits per heavy atom. The first-order chi connectivity index (χ1) is 12.8. The Balaban J connectivity index is 1.84. The lowest BCUT2D eigenvalue weighted by molar-refractivity contribution is 0.272. The van der Waals surface area contributed by atoms with Gasteiger partial charge in [0, 0.05) is 12.6 Å². The standard InChI is InChI=1S/C19H26N2O5S/c1-3-25-17-6-4-5-7-18(17)26-11-10-21-14(2)12-15-8-9-16(22)19(13-15)27(20,23)24/h4-9,13-14,21-22H,3,10-12H2,1-2H3,(H2,20,23,24)/t14-/m0/s1. The van der Waals surface area contributed by atoms with Crippen molar-refractivity contribution in [2.75, 3.05) is 19.8 Å². The van der Waals surface area contributed by atoms with Gasteiger partial charge in [-0.05, 0) is 50.1 Å². The highest BCUT2D eigenvalue weighted by Crippen LogP contribution is 2.26. The lowest BCUT2D eigenvalue weighted by Crippen LogP contribution is -2.32. The molecule has 0 aliphatic carbocycles. The van der Waals surface area contributed by atoms with E-state index in [1.807, 2.05) is 38.1 Å². The largest absolute Gasteiger partial charge is 0.507 e. The van der Waals surface area contributed by atoms with Gasteiger partial charge in [0.25, 0.3) is 0 Å². The second-order valence-corrected chi connectivity index (χ2v) is 7.66. The number of nitrogens with one attached hydrogen (secondary N) is 1. The molecular weight excluding hydrogens is 368 g/mol. The second kappa shape index (κ2) is 9.59. The number of primary sulfonamides is 1. The number of para-hydroxylation sites is 2. The topological polar surface area (TPSA) is 111 Å². The molecule has 1 atom stereocenters. The molecule has 0 saturated carbocycles. The van der Waals surface area contributed by atoms with Gasteiger partial charge in [-0.25, -0.2) is 13.6 Å². The lowest BCUT2D eigenvalue weighted by atomic mass is 10.1. The van der Waals surface area contributed by atoms with Gasteiger partial charge in [0.15, 0.2) is 11.5 Å². The van der Waals surface area contributed by atoms with Crippen LogP contribution in [-0.4, -0.2) is 39.3 Å². The van der Waals surface area contributed by atoms with E-state index in [4.69, 9.17) is 14.6 Å². The normalized spacial score (nSPS) is 12.6. The first-order valence-electron chi connectivity index (χ1n) is 8.74. The highest BCUT2D eigenvalue weighted by atomic mass is 32.2. The minimum atomic E-state index is -3.95. The second-order valence-electron chi connectivity index (χ2n) is 6.13. The Labute approximate surface area is 160 Å². The van der Waals surface area contributed by atoms with E-state index in [1.165, 1.54) is 12.1 Å². The van der Waals surface area contributed by atoms with Crippen molar-refractivity contribution in [3.8, 4) is 17.2 Å². The van der Waals surface area contributed by atoms with Crippen LogP contribution in [0.25, 0.3) is 0 Å². The van der Waals surface area contributed by atoms with Crippen molar-refractivity contribution in [1.82, 2.24) is 5.32 Å². The van der Waals surface area contributed by atoms with Crippen molar-refractivity contribution in [3.05, 3.63) is 48.0 Å². The molecule has 0 heterocycles. The summed E-state index contributed by atoms with van der Waals surface area (Å²) in [5, 5.41) is 18.1. The zero-order valence-corrected chi connectivity index (χ0v) is 16.3. The van der Waals surface area contributed by atoms with E-state index >= 15 is 0 Å². The molecule has 0 saturated heterocycles. The van der Waals surface area contributed by atoms with Crippen LogP contribution >= 0.6 is 0 Å². The summed E-state index contributed by atoms with van der Waals surface area (Å²) < 4.78 is 34.2. The van der Waals surface area contributed by atoms with Gasteiger partial charge in [-0.1, -0.05) is 18.2 Å². The fraction of sp³-hybridized carbons (Fsp3) is 0.368. The molecule has 2 aromatic rings. The quantitative estimate of drug-likeness (QED) is 0.532. The minimum absolute atomic E-state index is 0.0774. The summed E-state index contributed by atoms with van der Waals surface area (Å²) in [6, 6.07) is 12.0. The molecule has 148 valence electrons. The number of phenols is 1. The van der Waals surface area contributed by atoms with Crippen LogP contribution in [0.3, 0.4) is 0 Å². The molecule has 2 rings (SSSR count). The summed E-state index contributed by atoms with van der Waals surface area (Å²) in [4.78, 5) is -0.261. The van der Waals surface area contributed by atoms with E-state index in [-0.39, 0.29) is 16.7 Å². The summed E-state index contributed by atoms with van der Waals surface area (Å²) in [5.41, 5.74) is 0.763. The van der Waals surface area contributed by atoms with Crippen molar-refractivity contribution in [3.63, 3.8) is 0 Å². The predicted octanol–water partition coefficient (Wildman–Crippen LogP) is 2.04. The number of hydrogen-bond donors (Lipinski definition) is 3. The van der Waals surface area contributed by atoms with Crippen LogP contribution in [0.5, 0.6) is 17.2 Å². The van der Waals surface area contributed by atoms with Crippen molar-refractivity contribution < 1.29 is 23.0 Å². The maximum atomic E-state index is 11.5. The van der Waals surface area contributed by atoms with Gasteiger partial charge in [-0.2, -0.15) is 0 Å². The molecule has 4 N–H and O–H groups in total. The highest BCUT2D eigenvalue weighted by molar-refractivity contribution is 7.89. The zero-order chi connectivity index (χ0) is 19.9. The van der Waals surface area contributed by atoms with Crippen LogP contribution in [0.4, 0.5) is 0 Å². The summed E-state index contributed by atoms with van der Waals surface area (Å²) in [7, 11) is -3.95. The number of phenolic OH excluding ortho intramolecular Hbond substituents is 1. The first kappa shape index (κ1) is 21.0. The summed E-state index contributed by atoms with van der Waals surface area (Å²) in [6.07, 6.45) is 0.582. The van der Waals surface area contributed by atoms with E-state index in [2.05, 4.69) is 5.32 Å². The predicted molar refractivity (Wildman–Crippen MR) is 104 cm³/mol. The van der Waals surface area contributed by atoms with Crippen molar-refractivity contribution in [2.45, 2.75) is 31.2 Å². The highest BCUT2D eigenvalue weighted by Gasteiger charge is 2.15. The van der Waals surface area contributed by atoms with Crippen LogP contribution in [0.2, 0.25) is 0 Å². The van der Waals surface area contributed by atoms with E-state index < -0.39 is 10.0 Å². The lowest BCUT2D eigenvalue weighted by Gasteiger charge is -2.16. The van der Waals surface area contributed by atoms with Crippen molar-refractivity contribution in [2.24, 2.45) is 5.14 Å². The molecule has 0 aliphatic heterocycles. The Bertz CT molecular complexity index is 855. The molecular formula is C19H26N2O5S. The number of aromatic hydroxyl groups is 1. The fourth-order valence-electron chi connectivity index (χ4n) is 2.65. The van der Waals surface area contributed by atoms with Gasteiger partial charge in [-0.3, -0.25) is 0 Å². The van der Waals surface area contributed by atoms with Gasteiger partial charge in [-0.15, -0.1) is 0 Å². The van der Waals surface area contributed by atoms with Gasteiger partial charge in [0.05, 0.1) is 6.61 Å². The van der Waals surface area contributed by atoms with Gasteiger partial charge in [0.1, 0.15) is 17.3 Å². The molecule has 27 heavy (non-hydrogen) atoms. The Hall–Kier alpha value is -2.29. The summed E-state index contributed by atoms with van der Waals surface area (Å²) in [5.74, 6) is 1.07. The molecule has 0 fully saturated rings. The van der Waals surface area contributed by atoms with E-state index in [0.717, 1.165) is 5.56 Å². The van der Waals surface area contributed by atoms with Crippen LogP contribution in [0, 0.1) is 0 Å². The molecule has 8 heteroatoms. The van der Waals surface area contributed by atoms with Gasteiger partial charge in [0.2, 0.25) is 10.0 Å². The van der Waals surface area contributed by atoms with E-state index in [1.54, 1.807) is 6.07 Å². The van der Waals surface area contributed by atoms with Crippen LogP contribution in [-0.2, 0) is 16.4 Å². The fourth-order valence-corrected chi connectivity index (χ4v) is 3.32. The number of sulfonamides is 1. The summed E-state index contributed by atoms with van der Waals surface area (Å²) >= 11 is 0. The third-order valence-electron chi connectivity index (χ3n) is 3.87. The van der Waals surface area contributed by atoms with Gasteiger partial charge >= 0.3 is 0 Å².